The molecule has 1 aliphatic heterocycles. The zero-order chi connectivity index (χ0) is 22.0. The van der Waals surface area contributed by atoms with Gasteiger partial charge in [0.15, 0.2) is 11.4 Å². The van der Waals surface area contributed by atoms with Crippen LogP contribution < -0.4 is 10.6 Å². The van der Waals surface area contributed by atoms with Crippen molar-refractivity contribution in [3.63, 3.8) is 0 Å². The number of aromatic nitrogens is 1. The van der Waals surface area contributed by atoms with Gasteiger partial charge in [0.1, 0.15) is 0 Å². The van der Waals surface area contributed by atoms with Crippen LogP contribution in [0.25, 0.3) is 11.0 Å². The largest absolute Gasteiger partial charge is 0.416 e. The summed E-state index contributed by atoms with van der Waals surface area (Å²) in [5.41, 5.74) is -0.548. The topological polar surface area (TPSA) is 70.4 Å². The molecule has 2 aromatic rings. The van der Waals surface area contributed by atoms with Crippen molar-refractivity contribution in [3.8, 4) is 0 Å². The third-order valence-electron chi connectivity index (χ3n) is 6.52. The maximum atomic E-state index is 12.9. The molecule has 1 aliphatic carbocycles. The molecule has 2 N–H and O–H groups in total. The molecule has 9 heteroatoms. The van der Waals surface area contributed by atoms with E-state index >= 15 is 0 Å². The zero-order valence-electron chi connectivity index (χ0n) is 17.7. The lowest BCUT2D eigenvalue weighted by Crippen LogP contribution is -2.63. The normalized spacial score (nSPS) is 23.0. The number of halogens is 3. The van der Waals surface area contributed by atoms with E-state index < -0.39 is 11.7 Å². The summed E-state index contributed by atoms with van der Waals surface area (Å²) < 4.78 is 43.9. The summed E-state index contributed by atoms with van der Waals surface area (Å²) in [6.45, 7) is 3.89. The van der Waals surface area contributed by atoms with Gasteiger partial charge in [0, 0.05) is 19.1 Å². The van der Waals surface area contributed by atoms with E-state index in [1.54, 1.807) is 0 Å². The van der Waals surface area contributed by atoms with Crippen LogP contribution in [0.5, 0.6) is 0 Å². The number of alkyl halides is 3. The van der Waals surface area contributed by atoms with Crippen LogP contribution in [0, 0.1) is 5.92 Å². The van der Waals surface area contributed by atoms with E-state index in [0.29, 0.717) is 6.04 Å². The summed E-state index contributed by atoms with van der Waals surface area (Å²) in [6, 6.07) is 3.90. The number of nitrogens with zero attached hydrogens (tertiary/aromatic N) is 2. The van der Waals surface area contributed by atoms with Crippen LogP contribution in [0.2, 0.25) is 0 Å². The highest BCUT2D eigenvalue weighted by atomic mass is 19.4. The van der Waals surface area contributed by atoms with Crippen LogP contribution in [0.3, 0.4) is 0 Å². The maximum Gasteiger partial charge on any atom is 0.416 e. The number of amides is 1. The van der Waals surface area contributed by atoms with Crippen LogP contribution in [-0.4, -0.2) is 47.7 Å². The molecule has 0 unspecified atom stereocenters. The quantitative estimate of drug-likeness (QED) is 0.670. The number of nitrogens with one attached hydrogen (secondary N) is 2. The van der Waals surface area contributed by atoms with Crippen molar-refractivity contribution in [1.82, 2.24) is 15.4 Å². The minimum atomic E-state index is -4.45. The number of rotatable bonds is 7. The van der Waals surface area contributed by atoms with Gasteiger partial charge in [-0.3, -0.25) is 9.69 Å². The standard InChI is InChI=1S/C22H29F3N4O2/c1-2-3-14-4-7-17(8-5-14)29-12-16(13-29)27-20(30)11-26-21-18-10-15(22(23,24)25)6-9-19(18)31-28-21/h6,9-10,14,16-17H,2-5,7-8,11-13H2,1H3,(H,26,28)(H,27,30). The highest BCUT2D eigenvalue weighted by Gasteiger charge is 2.35. The van der Waals surface area contributed by atoms with Crippen LogP contribution >= 0.6 is 0 Å². The number of carbonyl (C=O) groups is 1. The lowest BCUT2D eigenvalue weighted by molar-refractivity contribution is -0.137. The molecule has 0 atom stereocenters. The van der Waals surface area contributed by atoms with Gasteiger partial charge in [0.25, 0.3) is 0 Å². The molecule has 2 heterocycles. The van der Waals surface area contributed by atoms with Gasteiger partial charge in [-0.1, -0.05) is 24.9 Å². The molecule has 0 spiro atoms. The minimum absolute atomic E-state index is 0.0729. The van der Waals surface area contributed by atoms with Gasteiger partial charge >= 0.3 is 6.18 Å². The number of hydrogen-bond donors (Lipinski definition) is 2. The first-order chi connectivity index (χ1) is 14.8. The fourth-order valence-corrected chi connectivity index (χ4v) is 4.79. The zero-order valence-corrected chi connectivity index (χ0v) is 17.7. The van der Waals surface area contributed by atoms with Crippen molar-refractivity contribution in [2.24, 2.45) is 5.92 Å². The molecule has 1 aromatic heterocycles. The molecule has 1 amide bonds. The number of benzene rings is 1. The van der Waals surface area contributed by atoms with Crippen LogP contribution in [0.1, 0.15) is 51.0 Å². The number of anilines is 1. The summed E-state index contributed by atoms with van der Waals surface area (Å²) in [4.78, 5) is 14.7. The fraction of sp³-hybridized carbons (Fsp3) is 0.636. The Morgan fingerprint density at radius 3 is 2.65 bits per heavy atom. The average molecular weight is 438 g/mol. The van der Waals surface area contributed by atoms with Gasteiger partial charge < -0.3 is 15.2 Å². The van der Waals surface area contributed by atoms with Crippen molar-refractivity contribution in [2.75, 3.05) is 25.0 Å². The maximum absolute atomic E-state index is 12.9. The fourth-order valence-electron chi connectivity index (χ4n) is 4.79. The SMILES string of the molecule is CCCC1CCC(N2CC(NC(=O)CNc3noc4ccc(C(F)(F)F)cc34)C2)CC1. The molecular formula is C22H29F3N4O2. The lowest BCUT2D eigenvalue weighted by atomic mass is 9.82. The molecule has 170 valence electrons. The first-order valence-electron chi connectivity index (χ1n) is 11.1. The van der Waals surface area contributed by atoms with Crippen molar-refractivity contribution >= 4 is 22.7 Å². The van der Waals surface area contributed by atoms with E-state index in [-0.39, 0.29) is 35.3 Å². The number of hydrogen-bond acceptors (Lipinski definition) is 5. The number of likely N-dealkylation sites (tertiary alicyclic amines) is 1. The van der Waals surface area contributed by atoms with E-state index in [1.165, 1.54) is 44.6 Å². The number of fused-ring (bicyclic) bond motifs is 1. The van der Waals surface area contributed by atoms with Crippen LogP contribution in [0.4, 0.5) is 19.0 Å². The van der Waals surface area contributed by atoms with Crippen molar-refractivity contribution in [1.29, 1.82) is 0 Å². The van der Waals surface area contributed by atoms with Gasteiger partial charge in [-0.25, -0.2) is 0 Å². The average Bonchev–Trinajstić information content (AvgIpc) is 3.11. The lowest BCUT2D eigenvalue weighted by Gasteiger charge is -2.46. The van der Waals surface area contributed by atoms with Crippen LogP contribution in [-0.2, 0) is 11.0 Å². The summed E-state index contributed by atoms with van der Waals surface area (Å²) in [7, 11) is 0. The third-order valence-corrected chi connectivity index (χ3v) is 6.52. The van der Waals surface area contributed by atoms with Crippen LogP contribution in [0.15, 0.2) is 22.7 Å². The summed E-state index contributed by atoms with van der Waals surface area (Å²) >= 11 is 0. The van der Waals surface area contributed by atoms with Crippen molar-refractivity contribution in [3.05, 3.63) is 23.8 Å². The molecule has 1 saturated heterocycles. The molecular weight excluding hydrogens is 409 g/mol. The van der Waals surface area contributed by atoms with Crippen molar-refractivity contribution < 1.29 is 22.5 Å². The van der Waals surface area contributed by atoms with Gasteiger partial charge in [-0.2, -0.15) is 13.2 Å². The Kier molecular flexibility index (Phi) is 6.41. The molecule has 4 rings (SSSR count). The number of carbonyl (C=O) groups excluding carboxylic acids is 1. The highest BCUT2D eigenvalue weighted by molar-refractivity contribution is 5.90. The van der Waals surface area contributed by atoms with Gasteiger partial charge in [0.2, 0.25) is 5.91 Å². The second-order valence-electron chi connectivity index (χ2n) is 8.77. The Morgan fingerprint density at radius 1 is 1.23 bits per heavy atom. The molecule has 1 saturated carbocycles. The summed E-state index contributed by atoms with van der Waals surface area (Å²) in [5, 5.41) is 9.73. The molecule has 0 radical (unpaired) electrons. The van der Waals surface area contributed by atoms with E-state index in [4.69, 9.17) is 4.52 Å². The third kappa shape index (κ3) is 5.14. The predicted octanol–water partition coefficient (Wildman–Crippen LogP) is 4.42. The molecule has 0 bridgehead atoms. The second-order valence-corrected chi connectivity index (χ2v) is 8.77. The Balaban J connectivity index is 1.22. The Bertz CT molecular complexity index is 900. The second kappa shape index (κ2) is 9.06. The van der Waals surface area contributed by atoms with Gasteiger partial charge in [-0.05, 0) is 49.8 Å². The van der Waals surface area contributed by atoms with E-state index in [9.17, 15) is 18.0 Å². The van der Waals surface area contributed by atoms with Crippen molar-refractivity contribution in [2.45, 2.75) is 63.7 Å². The van der Waals surface area contributed by atoms with E-state index in [0.717, 1.165) is 31.1 Å². The highest BCUT2D eigenvalue weighted by Crippen LogP contribution is 2.34. The smallest absolute Gasteiger partial charge is 0.358 e. The molecule has 31 heavy (non-hydrogen) atoms. The summed E-state index contributed by atoms with van der Waals surface area (Å²) in [5.74, 6) is 0.804. The Morgan fingerprint density at radius 2 is 1.97 bits per heavy atom. The summed E-state index contributed by atoms with van der Waals surface area (Å²) in [6.07, 6.45) is 3.23. The van der Waals surface area contributed by atoms with Gasteiger partial charge in [0.05, 0.1) is 23.5 Å². The van der Waals surface area contributed by atoms with E-state index in [2.05, 4.69) is 27.6 Å². The monoisotopic (exact) mass is 438 g/mol. The molecule has 2 fully saturated rings. The molecule has 6 nitrogen and oxygen atoms in total. The minimum Gasteiger partial charge on any atom is -0.358 e. The predicted molar refractivity (Wildman–Crippen MR) is 112 cm³/mol. The van der Waals surface area contributed by atoms with E-state index in [1.807, 2.05) is 0 Å². The Hall–Kier alpha value is -2.29. The molecule has 2 aliphatic rings. The first-order valence-corrected chi connectivity index (χ1v) is 11.1. The Labute approximate surface area is 179 Å². The van der Waals surface area contributed by atoms with Gasteiger partial charge in [-0.15, -0.1) is 0 Å². The first kappa shape index (κ1) is 21.9. The molecule has 1 aromatic carbocycles.